The van der Waals surface area contributed by atoms with Crippen LogP contribution in [0.1, 0.15) is 37.8 Å². The molecule has 2 heterocycles. The average Bonchev–Trinajstić information content (AvgIpc) is 2.83. The van der Waals surface area contributed by atoms with E-state index in [9.17, 15) is 0 Å². The first-order valence-corrected chi connectivity index (χ1v) is 7.23. The second-order valence-electron chi connectivity index (χ2n) is 5.66. The molecule has 3 heteroatoms. The minimum atomic E-state index is 0.832. The zero-order chi connectivity index (χ0) is 12.4. The highest BCUT2D eigenvalue weighted by atomic mass is 15.2. The van der Waals surface area contributed by atoms with Gasteiger partial charge in [0, 0.05) is 31.5 Å². The Kier molecular flexibility index (Phi) is 3.50. The monoisotopic (exact) mass is 245 g/mol. The van der Waals surface area contributed by atoms with Crippen molar-refractivity contribution in [3.05, 3.63) is 24.0 Å². The molecule has 18 heavy (non-hydrogen) atoms. The Labute approximate surface area is 110 Å². The Morgan fingerprint density at radius 1 is 1.33 bits per heavy atom. The van der Waals surface area contributed by atoms with E-state index in [4.69, 9.17) is 0 Å². The summed E-state index contributed by atoms with van der Waals surface area (Å²) in [7, 11) is 1.96. The molecule has 98 valence electrons. The van der Waals surface area contributed by atoms with E-state index in [-0.39, 0.29) is 0 Å². The standard InChI is InChI=1S/C15H23N3/c1-16-13-6-8-17-14(10-13)11-18-9-7-12-4-2-3-5-15(12)18/h6,8,10,12,15H,2-5,7,9,11H2,1H3,(H,16,17). The summed E-state index contributed by atoms with van der Waals surface area (Å²) in [6, 6.07) is 5.03. The lowest BCUT2D eigenvalue weighted by molar-refractivity contribution is 0.174. The Hall–Kier alpha value is -1.09. The van der Waals surface area contributed by atoms with Crippen molar-refractivity contribution in [2.45, 2.75) is 44.7 Å². The molecule has 1 aromatic heterocycles. The summed E-state index contributed by atoms with van der Waals surface area (Å²) in [5.41, 5.74) is 2.37. The maximum atomic E-state index is 4.51. The van der Waals surface area contributed by atoms with Crippen LogP contribution < -0.4 is 5.32 Å². The molecule has 2 aliphatic rings. The van der Waals surface area contributed by atoms with E-state index in [1.807, 2.05) is 19.3 Å². The lowest BCUT2D eigenvalue weighted by Crippen LogP contribution is -2.34. The molecule has 1 aliphatic carbocycles. The van der Waals surface area contributed by atoms with Gasteiger partial charge >= 0.3 is 0 Å². The first kappa shape index (κ1) is 12.0. The predicted molar refractivity (Wildman–Crippen MR) is 74.6 cm³/mol. The average molecular weight is 245 g/mol. The quantitative estimate of drug-likeness (QED) is 0.887. The van der Waals surface area contributed by atoms with Gasteiger partial charge in [-0.15, -0.1) is 0 Å². The molecule has 0 radical (unpaired) electrons. The van der Waals surface area contributed by atoms with Gasteiger partial charge in [0.15, 0.2) is 0 Å². The van der Waals surface area contributed by atoms with Gasteiger partial charge in [-0.3, -0.25) is 9.88 Å². The number of rotatable bonds is 3. The van der Waals surface area contributed by atoms with E-state index in [0.717, 1.165) is 18.5 Å². The Bertz CT molecular complexity index is 404. The Balaban J connectivity index is 1.68. The van der Waals surface area contributed by atoms with Gasteiger partial charge in [-0.25, -0.2) is 0 Å². The minimum Gasteiger partial charge on any atom is -0.388 e. The van der Waals surface area contributed by atoms with Crippen molar-refractivity contribution in [3.8, 4) is 0 Å². The number of hydrogen-bond acceptors (Lipinski definition) is 3. The molecule has 2 fully saturated rings. The van der Waals surface area contributed by atoms with Crippen molar-refractivity contribution in [1.82, 2.24) is 9.88 Å². The molecule has 1 aliphatic heterocycles. The van der Waals surface area contributed by atoms with E-state index in [1.165, 1.54) is 50.0 Å². The number of aromatic nitrogens is 1. The van der Waals surface area contributed by atoms with Crippen LogP contribution in [0.4, 0.5) is 5.69 Å². The number of nitrogens with zero attached hydrogens (tertiary/aromatic N) is 2. The largest absolute Gasteiger partial charge is 0.388 e. The summed E-state index contributed by atoms with van der Waals surface area (Å²) in [5.74, 6) is 0.964. The summed E-state index contributed by atoms with van der Waals surface area (Å²) in [6.07, 6.45) is 9.03. The molecule has 3 rings (SSSR count). The van der Waals surface area contributed by atoms with Crippen molar-refractivity contribution in [2.75, 3.05) is 18.9 Å². The van der Waals surface area contributed by atoms with Crippen LogP contribution in [0.5, 0.6) is 0 Å². The molecule has 2 unspecified atom stereocenters. The van der Waals surface area contributed by atoms with Gasteiger partial charge in [0.1, 0.15) is 0 Å². The van der Waals surface area contributed by atoms with Gasteiger partial charge in [-0.05, 0) is 43.9 Å². The van der Waals surface area contributed by atoms with Crippen LogP contribution >= 0.6 is 0 Å². The van der Waals surface area contributed by atoms with Crippen LogP contribution in [0.25, 0.3) is 0 Å². The highest BCUT2D eigenvalue weighted by Crippen LogP contribution is 2.36. The normalized spacial score (nSPS) is 28.1. The first-order chi connectivity index (χ1) is 8.86. The lowest BCUT2D eigenvalue weighted by Gasteiger charge is -2.31. The fourth-order valence-corrected chi connectivity index (χ4v) is 3.63. The molecular formula is C15H23N3. The van der Waals surface area contributed by atoms with Crippen LogP contribution in [-0.4, -0.2) is 29.5 Å². The molecule has 1 N–H and O–H groups in total. The van der Waals surface area contributed by atoms with E-state index in [1.54, 1.807) is 0 Å². The maximum absolute atomic E-state index is 4.51. The Morgan fingerprint density at radius 3 is 3.11 bits per heavy atom. The van der Waals surface area contributed by atoms with E-state index in [2.05, 4.69) is 21.3 Å². The fourth-order valence-electron chi connectivity index (χ4n) is 3.63. The highest BCUT2D eigenvalue weighted by Gasteiger charge is 2.35. The molecule has 0 spiro atoms. The third-order valence-electron chi connectivity index (χ3n) is 4.60. The Morgan fingerprint density at radius 2 is 2.22 bits per heavy atom. The zero-order valence-corrected chi connectivity index (χ0v) is 11.2. The molecule has 0 aromatic carbocycles. The molecule has 1 saturated heterocycles. The van der Waals surface area contributed by atoms with Crippen LogP contribution in [0.15, 0.2) is 18.3 Å². The lowest BCUT2D eigenvalue weighted by atomic mass is 9.85. The number of hydrogen-bond donors (Lipinski definition) is 1. The number of likely N-dealkylation sites (tertiary alicyclic amines) is 1. The van der Waals surface area contributed by atoms with Crippen molar-refractivity contribution >= 4 is 5.69 Å². The third kappa shape index (κ3) is 2.37. The van der Waals surface area contributed by atoms with Gasteiger partial charge in [-0.1, -0.05) is 12.8 Å². The molecular weight excluding hydrogens is 222 g/mol. The molecule has 0 amide bonds. The van der Waals surface area contributed by atoms with Crippen LogP contribution in [0.2, 0.25) is 0 Å². The van der Waals surface area contributed by atoms with Crippen molar-refractivity contribution in [2.24, 2.45) is 5.92 Å². The number of nitrogens with one attached hydrogen (secondary N) is 1. The summed E-state index contributed by atoms with van der Waals surface area (Å²) < 4.78 is 0. The van der Waals surface area contributed by atoms with E-state index < -0.39 is 0 Å². The first-order valence-electron chi connectivity index (χ1n) is 7.23. The second kappa shape index (κ2) is 5.27. The van der Waals surface area contributed by atoms with E-state index >= 15 is 0 Å². The SMILES string of the molecule is CNc1ccnc(CN2CCC3CCCCC32)c1. The molecule has 0 bridgehead atoms. The number of fused-ring (bicyclic) bond motifs is 1. The van der Waals surface area contributed by atoms with Crippen molar-refractivity contribution in [1.29, 1.82) is 0 Å². The topological polar surface area (TPSA) is 28.2 Å². The van der Waals surface area contributed by atoms with Crippen LogP contribution in [-0.2, 0) is 6.54 Å². The van der Waals surface area contributed by atoms with Crippen molar-refractivity contribution < 1.29 is 0 Å². The highest BCUT2D eigenvalue weighted by molar-refractivity contribution is 5.42. The van der Waals surface area contributed by atoms with Crippen LogP contribution in [0, 0.1) is 5.92 Å². The van der Waals surface area contributed by atoms with Gasteiger partial charge in [0.25, 0.3) is 0 Å². The van der Waals surface area contributed by atoms with Gasteiger partial charge < -0.3 is 5.32 Å². The molecule has 2 atom stereocenters. The minimum absolute atomic E-state index is 0.832. The predicted octanol–water partition coefficient (Wildman–Crippen LogP) is 2.89. The molecule has 1 saturated carbocycles. The van der Waals surface area contributed by atoms with Gasteiger partial charge in [-0.2, -0.15) is 0 Å². The molecule has 1 aromatic rings. The number of pyridine rings is 1. The summed E-state index contributed by atoms with van der Waals surface area (Å²) in [6.45, 7) is 2.29. The van der Waals surface area contributed by atoms with E-state index in [0.29, 0.717) is 0 Å². The fraction of sp³-hybridized carbons (Fsp3) is 0.667. The smallest absolute Gasteiger partial charge is 0.0564 e. The second-order valence-corrected chi connectivity index (χ2v) is 5.66. The number of anilines is 1. The summed E-state index contributed by atoms with van der Waals surface area (Å²) >= 11 is 0. The maximum Gasteiger partial charge on any atom is 0.0564 e. The summed E-state index contributed by atoms with van der Waals surface area (Å²) in [5, 5.41) is 3.19. The van der Waals surface area contributed by atoms with Gasteiger partial charge in [0.05, 0.1) is 5.69 Å². The van der Waals surface area contributed by atoms with Crippen molar-refractivity contribution in [3.63, 3.8) is 0 Å². The zero-order valence-electron chi connectivity index (χ0n) is 11.2. The summed E-state index contributed by atoms with van der Waals surface area (Å²) in [4.78, 5) is 7.17. The van der Waals surface area contributed by atoms with Crippen LogP contribution in [0.3, 0.4) is 0 Å². The van der Waals surface area contributed by atoms with Gasteiger partial charge in [0.2, 0.25) is 0 Å². The molecule has 3 nitrogen and oxygen atoms in total. The third-order valence-corrected chi connectivity index (χ3v) is 4.60.